The summed E-state index contributed by atoms with van der Waals surface area (Å²) in [5, 5.41) is 0. The number of carbonyl (C=O) groups is 2. The summed E-state index contributed by atoms with van der Waals surface area (Å²) in [4.78, 5) is 23.8. The Bertz CT molecular complexity index is 668. The van der Waals surface area contributed by atoms with Crippen molar-refractivity contribution in [3.8, 4) is 0 Å². The molecule has 3 saturated carbocycles. The normalized spacial score (nSPS) is 44.8. The fourth-order valence-electron chi connectivity index (χ4n) is 7.64. The van der Waals surface area contributed by atoms with E-state index in [-0.39, 0.29) is 40.9 Å². The van der Waals surface area contributed by atoms with E-state index in [0.717, 1.165) is 38.5 Å². The van der Waals surface area contributed by atoms with E-state index in [2.05, 4.69) is 13.0 Å². The van der Waals surface area contributed by atoms with E-state index in [4.69, 9.17) is 14.2 Å². The van der Waals surface area contributed by atoms with E-state index in [1.54, 1.807) is 20.3 Å². The average Bonchev–Trinajstić information content (AvgIpc) is 2.98. The molecule has 0 aromatic heterocycles. The van der Waals surface area contributed by atoms with Gasteiger partial charge < -0.3 is 14.2 Å². The highest BCUT2D eigenvalue weighted by Crippen LogP contribution is 2.66. The molecular formula is C23H34O5. The first-order valence-electron chi connectivity index (χ1n) is 10.8. The van der Waals surface area contributed by atoms with Gasteiger partial charge in [0, 0.05) is 38.4 Å². The van der Waals surface area contributed by atoms with Crippen LogP contribution in [-0.4, -0.2) is 38.4 Å². The summed E-state index contributed by atoms with van der Waals surface area (Å²) in [6, 6.07) is 0. The standard InChI is InChI=1S/C23H34O5/c1-14(24)28-20-8-7-18-17-6-5-15-13-16(25)9-12-23(15,21(26-3)27-4)19(17)10-11-22(18,20)2/h9,12,15,17-21H,5-8,10-11,13H2,1-4H3. The third kappa shape index (κ3) is 2.80. The number of methoxy groups -OCH3 is 2. The predicted molar refractivity (Wildman–Crippen MR) is 104 cm³/mol. The number of allylic oxidation sites excluding steroid dienone is 1. The van der Waals surface area contributed by atoms with Gasteiger partial charge in [-0.3, -0.25) is 9.59 Å². The van der Waals surface area contributed by atoms with Gasteiger partial charge in [0.05, 0.1) is 0 Å². The summed E-state index contributed by atoms with van der Waals surface area (Å²) >= 11 is 0. The van der Waals surface area contributed by atoms with Crippen molar-refractivity contribution in [1.29, 1.82) is 0 Å². The molecule has 0 spiro atoms. The van der Waals surface area contributed by atoms with Crippen molar-refractivity contribution in [3.05, 3.63) is 12.2 Å². The lowest BCUT2D eigenvalue weighted by molar-refractivity contribution is -0.231. The van der Waals surface area contributed by atoms with Crippen LogP contribution in [0.3, 0.4) is 0 Å². The van der Waals surface area contributed by atoms with Gasteiger partial charge in [0.1, 0.15) is 6.10 Å². The molecule has 0 aliphatic heterocycles. The first-order valence-corrected chi connectivity index (χ1v) is 10.8. The first kappa shape index (κ1) is 20.1. The quantitative estimate of drug-likeness (QED) is 0.538. The maximum Gasteiger partial charge on any atom is 0.302 e. The lowest BCUT2D eigenvalue weighted by Gasteiger charge is -2.60. The number of hydrogen-bond donors (Lipinski definition) is 0. The molecular weight excluding hydrogens is 356 g/mol. The summed E-state index contributed by atoms with van der Waals surface area (Å²) in [6.45, 7) is 3.85. The second-order valence-electron chi connectivity index (χ2n) is 9.68. The van der Waals surface area contributed by atoms with Crippen LogP contribution in [0, 0.1) is 34.5 Å². The minimum absolute atomic E-state index is 0.0359. The Labute approximate surface area is 168 Å². The van der Waals surface area contributed by atoms with Crippen LogP contribution >= 0.6 is 0 Å². The van der Waals surface area contributed by atoms with Gasteiger partial charge in [0.25, 0.3) is 0 Å². The lowest BCUT2D eigenvalue weighted by Crippen LogP contribution is -2.59. The zero-order valence-corrected chi connectivity index (χ0v) is 17.6. The van der Waals surface area contributed by atoms with Crippen LogP contribution < -0.4 is 0 Å². The maximum absolute atomic E-state index is 12.2. The van der Waals surface area contributed by atoms with Crippen molar-refractivity contribution >= 4 is 11.8 Å². The minimum atomic E-state index is -0.329. The summed E-state index contributed by atoms with van der Waals surface area (Å²) in [5.74, 6) is 1.89. The molecule has 156 valence electrons. The van der Waals surface area contributed by atoms with Crippen molar-refractivity contribution in [2.75, 3.05) is 14.2 Å². The zero-order chi connectivity index (χ0) is 20.1. The van der Waals surface area contributed by atoms with E-state index < -0.39 is 0 Å². The Balaban J connectivity index is 1.70. The molecule has 0 aromatic carbocycles. The van der Waals surface area contributed by atoms with Gasteiger partial charge in [-0.05, 0) is 68.3 Å². The van der Waals surface area contributed by atoms with Crippen molar-refractivity contribution in [1.82, 2.24) is 0 Å². The van der Waals surface area contributed by atoms with Crippen molar-refractivity contribution in [3.63, 3.8) is 0 Å². The molecule has 7 atom stereocenters. The fraction of sp³-hybridized carbons (Fsp3) is 0.826. The van der Waals surface area contributed by atoms with Gasteiger partial charge in [0.15, 0.2) is 12.1 Å². The maximum atomic E-state index is 12.2. The average molecular weight is 391 g/mol. The van der Waals surface area contributed by atoms with E-state index in [0.29, 0.717) is 24.2 Å². The van der Waals surface area contributed by atoms with Crippen LogP contribution in [0.5, 0.6) is 0 Å². The Morgan fingerprint density at radius 2 is 1.86 bits per heavy atom. The fourth-order valence-corrected chi connectivity index (χ4v) is 7.64. The van der Waals surface area contributed by atoms with Gasteiger partial charge >= 0.3 is 5.97 Å². The molecule has 7 unspecified atom stereocenters. The molecule has 0 heterocycles. The number of ketones is 1. The minimum Gasteiger partial charge on any atom is -0.462 e. The van der Waals surface area contributed by atoms with Crippen molar-refractivity contribution in [2.24, 2.45) is 34.5 Å². The third-order valence-corrected chi connectivity index (χ3v) is 8.70. The molecule has 0 amide bonds. The zero-order valence-electron chi connectivity index (χ0n) is 17.6. The van der Waals surface area contributed by atoms with Crippen molar-refractivity contribution in [2.45, 2.75) is 71.2 Å². The topological polar surface area (TPSA) is 61.8 Å². The molecule has 0 bridgehead atoms. The Morgan fingerprint density at radius 3 is 2.54 bits per heavy atom. The Morgan fingerprint density at radius 1 is 1.11 bits per heavy atom. The van der Waals surface area contributed by atoms with E-state index in [9.17, 15) is 9.59 Å². The van der Waals surface area contributed by atoms with Gasteiger partial charge in [0.2, 0.25) is 0 Å². The second-order valence-corrected chi connectivity index (χ2v) is 9.68. The SMILES string of the molecule is COC(OC)C12C=CC(=O)CC1CCC1C3CCC(OC(C)=O)C3(C)CCC12. The third-order valence-electron chi connectivity index (χ3n) is 8.70. The first-order chi connectivity index (χ1) is 13.4. The summed E-state index contributed by atoms with van der Waals surface area (Å²) in [7, 11) is 3.43. The summed E-state index contributed by atoms with van der Waals surface area (Å²) in [6.07, 6.45) is 10.6. The molecule has 0 aromatic rings. The number of fused-ring (bicyclic) bond motifs is 5. The molecule has 5 nitrogen and oxygen atoms in total. The number of rotatable bonds is 4. The number of carbonyl (C=O) groups excluding carboxylic acids is 2. The monoisotopic (exact) mass is 390 g/mol. The highest BCUT2D eigenvalue weighted by Gasteiger charge is 2.63. The predicted octanol–water partition coefficient (Wildman–Crippen LogP) is 3.90. The molecule has 0 N–H and O–H groups in total. The number of hydrogen-bond acceptors (Lipinski definition) is 5. The van der Waals surface area contributed by atoms with Crippen molar-refractivity contribution < 1.29 is 23.8 Å². The Kier molecular flexibility index (Phi) is 5.20. The smallest absolute Gasteiger partial charge is 0.302 e. The molecule has 4 aliphatic carbocycles. The van der Waals surface area contributed by atoms with Gasteiger partial charge in [-0.2, -0.15) is 0 Å². The number of ether oxygens (including phenoxy) is 3. The van der Waals surface area contributed by atoms with Crippen LogP contribution in [0.1, 0.15) is 58.8 Å². The molecule has 4 rings (SSSR count). The summed E-state index contributed by atoms with van der Waals surface area (Å²) < 4.78 is 17.4. The molecule has 4 aliphatic rings. The van der Waals surface area contributed by atoms with Crippen LogP contribution in [-0.2, 0) is 23.8 Å². The van der Waals surface area contributed by atoms with E-state index in [1.165, 1.54) is 6.92 Å². The molecule has 3 fully saturated rings. The van der Waals surface area contributed by atoms with Gasteiger partial charge in [-0.25, -0.2) is 0 Å². The second kappa shape index (κ2) is 7.24. The number of esters is 1. The van der Waals surface area contributed by atoms with Crippen LogP contribution in [0.15, 0.2) is 12.2 Å². The van der Waals surface area contributed by atoms with Crippen LogP contribution in [0.25, 0.3) is 0 Å². The van der Waals surface area contributed by atoms with Crippen LogP contribution in [0.4, 0.5) is 0 Å². The van der Waals surface area contributed by atoms with E-state index in [1.807, 2.05) is 0 Å². The largest absolute Gasteiger partial charge is 0.462 e. The Hall–Kier alpha value is -1.20. The highest BCUT2D eigenvalue weighted by molar-refractivity contribution is 5.91. The van der Waals surface area contributed by atoms with E-state index >= 15 is 0 Å². The molecule has 5 heteroatoms. The highest BCUT2D eigenvalue weighted by atomic mass is 16.7. The van der Waals surface area contributed by atoms with Gasteiger partial charge in [-0.15, -0.1) is 0 Å². The molecule has 0 saturated heterocycles. The van der Waals surface area contributed by atoms with Gasteiger partial charge in [-0.1, -0.05) is 13.0 Å². The summed E-state index contributed by atoms with van der Waals surface area (Å²) in [5.41, 5.74) is -0.175. The molecule has 28 heavy (non-hydrogen) atoms. The van der Waals surface area contributed by atoms with Crippen LogP contribution in [0.2, 0.25) is 0 Å². The molecule has 0 radical (unpaired) electrons. The lowest BCUT2D eigenvalue weighted by atomic mass is 9.45.